The molecule has 0 atom stereocenters. The van der Waals surface area contributed by atoms with Crippen molar-refractivity contribution in [2.45, 2.75) is 13.8 Å². The zero-order valence-electron chi connectivity index (χ0n) is 9.27. The van der Waals surface area contributed by atoms with Gasteiger partial charge in [0.05, 0.1) is 5.69 Å². The molecule has 0 aliphatic heterocycles. The van der Waals surface area contributed by atoms with E-state index in [9.17, 15) is 4.79 Å². The number of carbonyl (C=O) groups is 1. The lowest BCUT2D eigenvalue weighted by molar-refractivity contribution is 0.0697. The number of aromatic carboxylic acids is 1. The fourth-order valence-corrected chi connectivity index (χ4v) is 1.53. The van der Waals surface area contributed by atoms with E-state index < -0.39 is 5.97 Å². The summed E-state index contributed by atoms with van der Waals surface area (Å²) in [4.78, 5) is 16.7. The molecule has 0 aliphatic rings. The molecule has 0 saturated heterocycles. The van der Waals surface area contributed by atoms with Crippen molar-refractivity contribution in [3.8, 4) is 0 Å². The van der Waals surface area contributed by atoms with Crippen molar-refractivity contribution >= 4 is 11.7 Å². The first kappa shape index (κ1) is 11.5. The zero-order chi connectivity index (χ0) is 11.4. The molecular weight excluding hydrogens is 192 g/mol. The molecule has 4 nitrogen and oxygen atoms in total. The van der Waals surface area contributed by atoms with E-state index in [1.54, 1.807) is 12.3 Å². The first-order chi connectivity index (χ1) is 7.02. The summed E-state index contributed by atoms with van der Waals surface area (Å²) in [6.45, 7) is 5.01. The summed E-state index contributed by atoms with van der Waals surface area (Å²) < 4.78 is 0. The molecule has 0 fully saturated rings. The number of carboxylic acid groups (broad SMARTS) is 1. The summed E-state index contributed by atoms with van der Waals surface area (Å²) in [5, 5.41) is 8.98. The average molecular weight is 208 g/mol. The lowest BCUT2D eigenvalue weighted by Gasteiger charge is -2.22. The molecule has 0 radical (unpaired) electrons. The predicted octanol–water partition coefficient (Wildman–Crippen LogP) is 1.87. The first-order valence-corrected chi connectivity index (χ1v) is 4.90. The molecule has 0 bridgehead atoms. The number of carboxylic acids is 1. The maximum atomic E-state index is 10.9. The van der Waals surface area contributed by atoms with Crippen LogP contribution >= 0.6 is 0 Å². The summed E-state index contributed by atoms with van der Waals surface area (Å²) in [7, 11) is 1.89. The minimum Gasteiger partial charge on any atom is -0.478 e. The molecule has 0 aromatic carbocycles. The molecule has 1 N–H and O–H groups in total. The van der Waals surface area contributed by atoms with Gasteiger partial charge < -0.3 is 10.0 Å². The second-order valence-corrected chi connectivity index (χ2v) is 3.97. The van der Waals surface area contributed by atoms with Crippen molar-refractivity contribution in [3.63, 3.8) is 0 Å². The molecule has 1 aromatic rings. The highest BCUT2D eigenvalue weighted by Gasteiger charge is 2.13. The molecule has 0 unspecified atom stereocenters. The molecular formula is C11H16N2O2. The van der Waals surface area contributed by atoms with E-state index in [0.29, 0.717) is 11.6 Å². The summed E-state index contributed by atoms with van der Waals surface area (Å²) in [5.74, 6) is -0.446. The largest absolute Gasteiger partial charge is 0.478 e. The van der Waals surface area contributed by atoms with Gasteiger partial charge in [-0.25, -0.2) is 4.79 Å². The Hall–Kier alpha value is -1.58. The van der Waals surface area contributed by atoms with Gasteiger partial charge in [-0.1, -0.05) is 13.8 Å². The van der Waals surface area contributed by atoms with E-state index >= 15 is 0 Å². The van der Waals surface area contributed by atoms with Crippen LogP contribution in [0.1, 0.15) is 24.2 Å². The van der Waals surface area contributed by atoms with Crippen molar-refractivity contribution in [2.24, 2.45) is 5.92 Å². The standard InChI is InChI=1S/C11H16N2O2/c1-8(2)7-13(3)10-4-5-12-6-9(10)11(14)15/h4-6,8H,7H2,1-3H3,(H,14,15). The van der Waals surface area contributed by atoms with E-state index in [4.69, 9.17) is 5.11 Å². The Balaban J connectivity index is 2.97. The fraction of sp³-hybridized carbons (Fsp3) is 0.455. The molecule has 0 amide bonds. The number of pyridine rings is 1. The molecule has 4 heteroatoms. The molecule has 0 saturated carbocycles. The summed E-state index contributed by atoms with van der Waals surface area (Å²) in [5.41, 5.74) is 0.965. The van der Waals surface area contributed by atoms with Gasteiger partial charge >= 0.3 is 5.97 Å². The van der Waals surface area contributed by atoms with Gasteiger partial charge in [0.1, 0.15) is 5.56 Å². The summed E-state index contributed by atoms with van der Waals surface area (Å²) in [6, 6.07) is 1.73. The Morgan fingerprint density at radius 1 is 1.60 bits per heavy atom. The van der Waals surface area contributed by atoms with E-state index in [2.05, 4.69) is 18.8 Å². The minimum atomic E-state index is -0.936. The van der Waals surface area contributed by atoms with Crippen LogP contribution < -0.4 is 4.90 Å². The summed E-state index contributed by atoms with van der Waals surface area (Å²) >= 11 is 0. The van der Waals surface area contributed by atoms with Crippen LogP contribution in [-0.4, -0.2) is 29.7 Å². The van der Waals surface area contributed by atoms with Crippen molar-refractivity contribution in [1.82, 2.24) is 4.98 Å². The van der Waals surface area contributed by atoms with Gasteiger partial charge in [0.2, 0.25) is 0 Å². The SMILES string of the molecule is CC(C)CN(C)c1ccncc1C(=O)O. The van der Waals surface area contributed by atoms with Gasteiger partial charge in [-0.2, -0.15) is 0 Å². The van der Waals surface area contributed by atoms with Crippen LogP contribution in [-0.2, 0) is 0 Å². The van der Waals surface area contributed by atoms with E-state index in [0.717, 1.165) is 6.54 Å². The average Bonchev–Trinajstić information content (AvgIpc) is 2.16. The number of anilines is 1. The molecule has 82 valence electrons. The van der Waals surface area contributed by atoms with Gasteiger partial charge in [0.25, 0.3) is 0 Å². The minimum absolute atomic E-state index is 0.251. The third-order valence-electron chi connectivity index (χ3n) is 2.08. The van der Waals surface area contributed by atoms with Gasteiger partial charge in [0, 0.05) is 26.0 Å². The number of rotatable bonds is 4. The Kier molecular flexibility index (Phi) is 3.66. The van der Waals surface area contributed by atoms with E-state index in [-0.39, 0.29) is 5.56 Å². The Morgan fingerprint density at radius 3 is 2.80 bits per heavy atom. The van der Waals surface area contributed by atoms with Crippen molar-refractivity contribution in [3.05, 3.63) is 24.0 Å². The predicted molar refractivity (Wildman–Crippen MR) is 59.3 cm³/mol. The highest BCUT2D eigenvalue weighted by Crippen LogP contribution is 2.18. The van der Waals surface area contributed by atoms with Gasteiger partial charge in [-0.15, -0.1) is 0 Å². The third kappa shape index (κ3) is 2.94. The van der Waals surface area contributed by atoms with Gasteiger partial charge in [-0.3, -0.25) is 4.98 Å². The quantitative estimate of drug-likeness (QED) is 0.820. The van der Waals surface area contributed by atoms with Gasteiger partial charge in [0.15, 0.2) is 0 Å². The fourth-order valence-electron chi connectivity index (χ4n) is 1.53. The lowest BCUT2D eigenvalue weighted by Crippen LogP contribution is -2.24. The van der Waals surface area contributed by atoms with Crippen LogP contribution in [0.25, 0.3) is 0 Å². The monoisotopic (exact) mass is 208 g/mol. The second kappa shape index (κ2) is 4.77. The highest BCUT2D eigenvalue weighted by molar-refractivity contribution is 5.93. The molecule has 1 heterocycles. The Bertz CT molecular complexity index is 350. The third-order valence-corrected chi connectivity index (χ3v) is 2.08. The van der Waals surface area contributed by atoms with Crippen LogP contribution in [0, 0.1) is 5.92 Å². The Labute approximate surface area is 89.6 Å². The van der Waals surface area contributed by atoms with Crippen LogP contribution in [0.15, 0.2) is 18.5 Å². The van der Waals surface area contributed by atoms with Crippen molar-refractivity contribution < 1.29 is 9.90 Å². The van der Waals surface area contributed by atoms with Crippen molar-refractivity contribution in [2.75, 3.05) is 18.5 Å². The van der Waals surface area contributed by atoms with Gasteiger partial charge in [-0.05, 0) is 12.0 Å². The maximum Gasteiger partial charge on any atom is 0.339 e. The molecule has 1 aromatic heterocycles. The number of hydrogen-bond acceptors (Lipinski definition) is 3. The topological polar surface area (TPSA) is 53.4 Å². The molecule has 0 spiro atoms. The molecule has 1 rings (SSSR count). The normalized spacial score (nSPS) is 10.4. The van der Waals surface area contributed by atoms with Crippen LogP contribution in [0.2, 0.25) is 0 Å². The number of hydrogen-bond donors (Lipinski definition) is 1. The number of aromatic nitrogens is 1. The maximum absolute atomic E-state index is 10.9. The smallest absolute Gasteiger partial charge is 0.339 e. The van der Waals surface area contributed by atoms with E-state index in [1.807, 2.05) is 11.9 Å². The Morgan fingerprint density at radius 2 is 2.27 bits per heavy atom. The second-order valence-electron chi connectivity index (χ2n) is 3.97. The first-order valence-electron chi connectivity index (χ1n) is 4.90. The number of nitrogens with zero attached hydrogens (tertiary/aromatic N) is 2. The van der Waals surface area contributed by atoms with Crippen LogP contribution in [0.4, 0.5) is 5.69 Å². The highest BCUT2D eigenvalue weighted by atomic mass is 16.4. The van der Waals surface area contributed by atoms with Crippen LogP contribution in [0.5, 0.6) is 0 Å². The molecule has 15 heavy (non-hydrogen) atoms. The van der Waals surface area contributed by atoms with E-state index in [1.165, 1.54) is 6.20 Å². The molecule has 0 aliphatic carbocycles. The van der Waals surface area contributed by atoms with Crippen LogP contribution in [0.3, 0.4) is 0 Å². The van der Waals surface area contributed by atoms with Crippen molar-refractivity contribution in [1.29, 1.82) is 0 Å². The zero-order valence-corrected chi connectivity index (χ0v) is 9.27. The lowest BCUT2D eigenvalue weighted by atomic mass is 10.1. The summed E-state index contributed by atoms with van der Waals surface area (Å²) in [6.07, 6.45) is 2.99.